The van der Waals surface area contributed by atoms with Crippen molar-refractivity contribution in [2.24, 2.45) is 0 Å². The van der Waals surface area contributed by atoms with Crippen molar-refractivity contribution < 1.29 is 0 Å². The van der Waals surface area contributed by atoms with Gasteiger partial charge in [0.25, 0.3) is 0 Å². The smallest absolute Gasteiger partial charge is 0.0252 e. The van der Waals surface area contributed by atoms with Crippen LogP contribution >= 0.6 is 0 Å². The third-order valence-electron chi connectivity index (χ3n) is 1.71. The van der Waals surface area contributed by atoms with E-state index >= 15 is 0 Å². The number of nitrogens with one attached hydrogen (secondary N) is 1. The van der Waals surface area contributed by atoms with E-state index in [1.54, 1.807) is 0 Å². The average Bonchev–Trinajstić information content (AvgIpc) is 2.14. The Morgan fingerprint density at radius 2 is 2.50 bits per heavy atom. The normalized spacial score (nSPS) is 28.2. The summed E-state index contributed by atoms with van der Waals surface area (Å²) < 4.78 is 0. The molecular weight excluding hydrogens is 98.1 g/mol. The largest absolute Gasteiger partial charge is 0.314 e. The number of rotatable bonds is 1. The monoisotopic (exact) mass is 111 g/mol. The average molecular weight is 111 g/mol. The van der Waals surface area contributed by atoms with E-state index in [1.807, 2.05) is 7.05 Å². The lowest BCUT2D eigenvalue weighted by Crippen LogP contribution is -2.19. The van der Waals surface area contributed by atoms with Crippen molar-refractivity contribution in [3.8, 4) is 0 Å². The summed E-state index contributed by atoms with van der Waals surface area (Å²) in [6.07, 6.45) is 4.88. The SMILES string of the molecule is CNC1C=C(C)CC1. The van der Waals surface area contributed by atoms with Gasteiger partial charge in [0.15, 0.2) is 0 Å². The minimum atomic E-state index is 0.662. The van der Waals surface area contributed by atoms with Crippen LogP contribution in [0, 0.1) is 0 Å². The molecule has 1 atom stereocenters. The molecule has 0 radical (unpaired) electrons. The molecule has 0 bridgehead atoms. The van der Waals surface area contributed by atoms with Crippen LogP contribution in [0.1, 0.15) is 19.8 Å². The van der Waals surface area contributed by atoms with E-state index < -0.39 is 0 Å². The minimum Gasteiger partial charge on any atom is -0.314 e. The lowest BCUT2D eigenvalue weighted by molar-refractivity contribution is 0.650. The van der Waals surface area contributed by atoms with Gasteiger partial charge in [0, 0.05) is 6.04 Å². The van der Waals surface area contributed by atoms with Crippen LogP contribution in [0.25, 0.3) is 0 Å². The molecule has 1 heteroatoms. The zero-order chi connectivity index (χ0) is 5.98. The van der Waals surface area contributed by atoms with E-state index in [1.165, 1.54) is 18.4 Å². The van der Waals surface area contributed by atoms with E-state index in [0.29, 0.717) is 6.04 Å². The molecule has 8 heavy (non-hydrogen) atoms. The van der Waals surface area contributed by atoms with Crippen LogP contribution in [0.15, 0.2) is 11.6 Å². The molecule has 0 spiro atoms. The van der Waals surface area contributed by atoms with E-state index in [0.717, 1.165) is 0 Å². The molecule has 0 saturated carbocycles. The molecule has 0 aromatic rings. The summed E-state index contributed by atoms with van der Waals surface area (Å²) in [5.74, 6) is 0. The van der Waals surface area contributed by atoms with Gasteiger partial charge < -0.3 is 5.32 Å². The predicted molar refractivity (Wildman–Crippen MR) is 35.8 cm³/mol. The molecule has 1 nitrogen and oxygen atoms in total. The van der Waals surface area contributed by atoms with Gasteiger partial charge in [-0.1, -0.05) is 11.6 Å². The van der Waals surface area contributed by atoms with Crippen molar-refractivity contribution >= 4 is 0 Å². The van der Waals surface area contributed by atoms with Gasteiger partial charge in [-0.15, -0.1) is 0 Å². The lowest BCUT2D eigenvalue weighted by atomic mass is 10.2. The number of likely N-dealkylation sites (N-methyl/N-ethyl adjacent to an activating group) is 1. The maximum Gasteiger partial charge on any atom is 0.0252 e. The van der Waals surface area contributed by atoms with Crippen LogP contribution in [-0.4, -0.2) is 13.1 Å². The van der Waals surface area contributed by atoms with Crippen molar-refractivity contribution in [3.05, 3.63) is 11.6 Å². The molecule has 1 rings (SSSR count). The van der Waals surface area contributed by atoms with Crippen LogP contribution in [-0.2, 0) is 0 Å². The van der Waals surface area contributed by atoms with E-state index in [2.05, 4.69) is 18.3 Å². The summed E-state index contributed by atoms with van der Waals surface area (Å²) in [6, 6.07) is 0.662. The summed E-state index contributed by atoms with van der Waals surface area (Å²) in [6.45, 7) is 2.19. The van der Waals surface area contributed by atoms with Crippen LogP contribution in [0.4, 0.5) is 0 Å². The highest BCUT2D eigenvalue weighted by Crippen LogP contribution is 2.16. The summed E-state index contributed by atoms with van der Waals surface area (Å²) in [4.78, 5) is 0. The highest BCUT2D eigenvalue weighted by molar-refractivity contribution is 5.10. The van der Waals surface area contributed by atoms with Gasteiger partial charge in [0.1, 0.15) is 0 Å². The molecule has 0 aromatic heterocycles. The molecular formula is C7H13N. The molecule has 46 valence electrons. The molecule has 0 heterocycles. The molecule has 0 saturated heterocycles. The number of hydrogen-bond donors (Lipinski definition) is 1. The second-order valence-electron chi connectivity index (χ2n) is 2.45. The number of allylic oxidation sites excluding steroid dienone is 1. The van der Waals surface area contributed by atoms with E-state index in [-0.39, 0.29) is 0 Å². The van der Waals surface area contributed by atoms with Gasteiger partial charge in [-0.25, -0.2) is 0 Å². The first-order chi connectivity index (χ1) is 3.83. The van der Waals surface area contributed by atoms with Crippen LogP contribution < -0.4 is 5.32 Å². The fourth-order valence-electron chi connectivity index (χ4n) is 1.12. The van der Waals surface area contributed by atoms with Crippen molar-refractivity contribution in [2.45, 2.75) is 25.8 Å². The Balaban J connectivity index is 2.41. The highest BCUT2D eigenvalue weighted by atomic mass is 14.9. The third-order valence-corrected chi connectivity index (χ3v) is 1.71. The van der Waals surface area contributed by atoms with Crippen LogP contribution in [0.2, 0.25) is 0 Å². The first-order valence-electron chi connectivity index (χ1n) is 3.17. The summed E-state index contributed by atoms with van der Waals surface area (Å²) >= 11 is 0. The molecule has 0 aromatic carbocycles. The Kier molecular flexibility index (Phi) is 1.69. The Morgan fingerprint density at radius 1 is 1.75 bits per heavy atom. The zero-order valence-electron chi connectivity index (χ0n) is 5.57. The van der Waals surface area contributed by atoms with E-state index in [9.17, 15) is 0 Å². The molecule has 0 fully saturated rings. The Labute approximate surface area is 50.8 Å². The highest BCUT2D eigenvalue weighted by Gasteiger charge is 2.08. The van der Waals surface area contributed by atoms with Gasteiger partial charge in [-0.05, 0) is 26.8 Å². The van der Waals surface area contributed by atoms with Crippen LogP contribution in [0.5, 0.6) is 0 Å². The van der Waals surface area contributed by atoms with E-state index in [4.69, 9.17) is 0 Å². The molecule has 0 aliphatic heterocycles. The van der Waals surface area contributed by atoms with Crippen molar-refractivity contribution in [1.82, 2.24) is 5.32 Å². The maximum atomic E-state index is 3.22. The van der Waals surface area contributed by atoms with Crippen LogP contribution in [0.3, 0.4) is 0 Å². The van der Waals surface area contributed by atoms with Crippen molar-refractivity contribution in [3.63, 3.8) is 0 Å². The standard InChI is InChI=1S/C7H13N/c1-6-3-4-7(5-6)8-2/h5,7-8H,3-4H2,1-2H3. The van der Waals surface area contributed by atoms with Crippen molar-refractivity contribution in [1.29, 1.82) is 0 Å². The predicted octanol–water partition coefficient (Wildman–Crippen LogP) is 1.31. The fourth-order valence-corrected chi connectivity index (χ4v) is 1.12. The first-order valence-corrected chi connectivity index (χ1v) is 3.17. The summed E-state index contributed by atoms with van der Waals surface area (Å²) in [5, 5.41) is 3.22. The van der Waals surface area contributed by atoms with Gasteiger partial charge in [0.2, 0.25) is 0 Å². The Bertz CT molecular complexity index is 105. The summed E-state index contributed by atoms with van der Waals surface area (Å²) in [5.41, 5.74) is 1.53. The maximum absolute atomic E-state index is 3.22. The first kappa shape index (κ1) is 5.83. The second kappa shape index (κ2) is 2.31. The lowest BCUT2D eigenvalue weighted by Gasteiger charge is -2.01. The molecule has 1 N–H and O–H groups in total. The van der Waals surface area contributed by atoms with Gasteiger partial charge in [0.05, 0.1) is 0 Å². The molecule has 0 amide bonds. The Morgan fingerprint density at radius 3 is 2.75 bits per heavy atom. The van der Waals surface area contributed by atoms with Gasteiger partial charge >= 0.3 is 0 Å². The topological polar surface area (TPSA) is 12.0 Å². The molecule has 1 aliphatic rings. The number of hydrogen-bond acceptors (Lipinski definition) is 1. The third kappa shape index (κ3) is 1.10. The molecule has 1 aliphatic carbocycles. The quantitative estimate of drug-likeness (QED) is 0.503. The Hall–Kier alpha value is -0.300. The zero-order valence-corrected chi connectivity index (χ0v) is 5.57. The second-order valence-corrected chi connectivity index (χ2v) is 2.45. The molecule has 1 unspecified atom stereocenters. The van der Waals surface area contributed by atoms with Gasteiger partial charge in [-0.2, -0.15) is 0 Å². The van der Waals surface area contributed by atoms with Crippen molar-refractivity contribution in [2.75, 3.05) is 7.05 Å². The minimum absolute atomic E-state index is 0.662. The fraction of sp³-hybridized carbons (Fsp3) is 0.714. The summed E-state index contributed by atoms with van der Waals surface area (Å²) in [7, 11) is 2.01. The van der Waals surface area contributed by atoms with Gasteiger partial charge in [-0.3, -0.25) is 0 Å².